The van der Waals surface area contributed by atoms with E-state index in [0.717, 1.165) is 34.9 Å². The summed E-state index contributed by atoms with van der Waals surface area (Å²) in [5, 5.41) is 3.88. The minimum atomic E-state index is -0.0510. The van der Waals surface area contributed by atoms with Crippen LogP contribution in [0.3, 0.4) is 0 Å². The zero-order chi connectivity index (χ0) is 19.8. The van der Waals surface area contributed by atoms with Gasteiger partial charge in [0.1, 0.15) is 5.75 Å². The van der Waals surface area contributed by atoms with Crippen molar-refractivity contribution >= 4 is 39.2 Å². The van der Waals surface area contributed by atoms with E-state index >= 15 is 0 Å². The molecule has 0 spiro atoms. The van der Waals surface area contributed by atoms with Crippen LogP contribution in [0.1, 0.15) is 41.1 Å². The topological polar surface area (TPSA) is 55.6 Å². The first-order chi connectivity index (χ1) is 14.2. The molecule has 1 fully saturated rings. The molecule has 0 atom stereocenters. The maximum atomic E-state index is 13.4. The molecule has 4 aromatic rings. The van der Waals surface area contributed by atoms with Crippen LogP contribution in [0, 0.1) is 0 Å². The van der Waals surface area contributed by atoms with Gasteiger partial charge in [0, 0.05) is 27.8 Å². The van der Waals surface area contributed by atoms with Crippen molar-refractivity contribution in [2.24, 2.45) is 0 Å². The number of pyridine rings is 1. The highest BCUT2D eigenvalue weighted by atomic mass is 32.1. The van der Waals surface area contributed by atoms with Crippen LogP contribution in [0.2, 0.25) is 0 Å². The molecule has 148 valence electrons. The molecule has 1 saturated carbocycles. The highest BCUT2D eigenvalue weighted by Crippen LogP contribution is 2.30. The number of carbonyl (C=O) groups excluding carboxylic acids is 1. The molecule has 0 unspecified atom stereocenters. The van der Waals surface area contributed by atoms with Gasteiger partial charge in [-0.3, -0.25) is 4.79 Å². The van der Waals surface area contributed by atoms with Crippen molar-refractivity contribution in [1.29, 1.82) is 0 Å². The molecule has 3 aromatic heterocycles. The molecule has 0 radical (unpaired) electrons. The number of ether oxygens (including phenoxy) is 1. The van der Waals surface area contributed by atoms with E-state index in [2.05, 4.69) is 16.4 Å². The normalized spacial score (nSPS) is 14.7. The Morgan fingerprint density at radius 1 is 1.21 bits per heavy atom. The molecule has 1 aliphatic rings. The summed E-state index contributed by atoms with van der Waals surface area (Å²) in [6.07, 6.45) is 4.46. The lowest BCUT2D eigenvalue weighted by molar-refractivity contribution is 0.0636. The summed E-state index contributed by atoms with van der Waals surface area (Å²) >= 11 is 1.68. The number of carbonyl (C=O) groups is 1. The number of hydrogen-bond acceptors (Lipinski definition) is 5. The Balaban J connectivity index is 1.51. The molecule has 1 aromatic carbocycles. The predicted octanol–water partition coefficient (Wildman–Crippen LogP) is 5.64. The van der Waals surface area contributed by atoms with Crippen molar-refractivity contribution in [2.75, 3.05) is 7.11 Å². The van der Waals surface area contributed by atoms with Crippen LogP contribution < -0.4 is 4.74 Å². The molecule has 29 heavy (non-hydrogen) atoms. The van der Waals surface area contributed by atoms with E-state index < -0.39 is 0 Å². The maximum absolute atomic E-state index is 13.4. The second kappa shape index (κ2) is 7.52. The van der Waals surface area contributed by atoms with Gasteiger partial charge in [-0.2, -0.15) is 0 Å². The third-order valence-electron chi connectivity index (χ3n) is 5.65. The molecular weight excluding hydrogens is 384 g/mol. The smallest absolute Gasteiger partial charge is 0.290 e. The molecule has 5 nitrogen and oxygen atoms in total. The van der Waals surface area contributed by atoms with Crippen molar-refractivity contribution < 1.29 is 13.9 Å². The summed E-state index contributed by atoms with van der Waals surface area (Å²) in [6.45, 7) is 0.630. The van der Waals surface area contributed by atoms with E-state index in [1.807, 2.05) is 41.3 Å². The molecule has 5 rings (SSSR count). The largest absolute Gasteiger partial charge is 0.497 e. The number of nitrogens with zero attached hydrogens (tertiary/aromatic N) is 2. The lowest BCUT2D eigenvalue weighted by atomic mass is 10.1. The molecule has 0 saturated heterocycles. The Labute approximate surface area is 172 Å². The van der Waals surface area contributed by atoms with Gasteiger partial charge in [0.2, 0.25) is 5.71 Å². The van der Waals surface area contributed by atoms with Gasteiger partial charge in [0.15, 0.2) is 5.76 Å². The fourth-order valence-corrected chi connectivity index (χ4v) is 4.84. The number of benzene rings is 1. The van der Waals surface area contributed by atoms with E-state index in [1.54, 1.807) is 18.4 Å². The van der Waals surface area contributed by atoms with Crippen LogP contribution in [-0.2, 0) is 6.54 Å². The average Bonchev–Trinajstić information content (AvgIpc) is 3.50. The molecule has 0 N–H and O–H groups in total. The number of furan rings is 1. The van der Waals surface area contributed by atoms with E-state index in [9.17, 15) is 4.79 Å². The van der Waals surface area contributed by atoms with Crippen molar-refractivity contribution in [3.63, 3.8) is 0 Å². The Morgan fingerprint density at radius 2 is 2.07 bits per heavy atom. The molecule has 3 heterocycles. The number of fused-ring (bicyclic) bond motifs is 2. The van der Waals surface area contributed by atoms with Gasteiger partial charge in [-0.15, -0.1) is 11.3 Å². The van der Waals surface area contributed by atoms with Crippen molar-refractivity contribution in [3.05, 3.63) is 58.5 Å². The van der Waals surface area contributed by atoms with Crippen LogP contribution in [0.4, 0.5) is 0 Å². The van der Waals surface area contributed by atoms with Gasteiger partial charge < -0.3 is 14.1 Å². The number of methoxy groups -OCH3 is 1. The summed E-state index contributed by atoms with van der Waals surface area (Å²) in [6, 6.07) is 14.0. The van der Waals surface area contributed by atoms with Gasteiger partial charge in [-0.25, -0.2) is 4.98 Å². The molecule has 1 aliphatic carbocycles. The number of hydrogen-bond donors (Lipinski definition) is 0. The standard InChI is InChI=1S/C23H22N2O3S/c1-27-18-9-8-15-11-16-12-21(28-22(16)24-20(15)13-18)23(26)25(17-5-2-3-6-17)14-19-7-4-10-29-19/h4,7-13,17H,2-3,5-6,14H2,1H3. The zero-order valence-electron chi connectivity index (χ0n) is 16.3. The van der Waals surface area contributed by atoms with Crippen LogP contribution in [0.5, 0.6) is 5.75 Å². The van der Waals surface area contributed by atoms with Crippen molar-refractivity contribution in [3.8, 4) is 5.75 Å². The fraction of sp³-hybridized carbons (Fsp3) is 0.304. The molecule has 6 heteroatoms. The minimum absolute atomic E-state index is 0.0510. The monoisotopic (exact) mass is 406 g/mol. The summed E-state index contributed by atoms with van der Waals surface area (Å²) in [4.78, 5) is 21.2. The number of rotatable bonds is 5. The minimum Gasteiger partial charge on any atom is -0.497 e. The lowest BCUT2D eigenvalue weighted by Crippen LogP contribution is -2.37. The molecule has 0 bridgehead atoms. The Bertz CT molecular complexity index is 1160. The van der Waals surface area contributed by atoms with E-state index in [0.29, 0.717) is 18.0 Å². The van der Waals surface area contributed by atoms with Gasteiger partial charge in [0.05, 0.1) is 19.2 Å². The average molecular weight is 407 g/mol. The number of aromatic nitrogens is 1. The van der Waals surface area contributed by atoms with E-state index in [-0.39, 0.29) is 11.9 Å². The summed E-state index contributed by atoms with van der Waals surface area (Å²) in [5.41, 5.74) is 1.27. The lowest BCUT2D eigenvalue weighted by Gasteiger charge is -2.27. The fourth-order valence-electron chi connectivity index (χ4n) is 4.13. The first-order valence-corrected chi connectivity index (χ1v) is 10.8. The van der Waals surface area contributed by atoms with Crippen molar-refractivity contribution in [2.45, 2.75) is 38.3 Å². The third kappa shape index (κ3) is 3.49. The molecular formula is C23H22N2O3S. The Hall–Kier alpha value is -2.86. The Morgan fingerprint density at radius 3 is 2.83 bits per heavy atom. The zero-order valence-corrected chi connectivity index (χ0v) is 17.1. The summed E-state index contributed by atoms with van der Waals surface area (Å²) < 4.78 is 11.2. The van der Waals surface area contributed by atoms with Crippen LogP contribution in [0.15, 0.2) is 52.3 Å². The number of amides is 1. The van der Waals surface area contributed by atoms with Gasteiger partial charge >= 0.3 is 0 Å². The number of thiophene rings is 1. The maximum Gasteiger partial charge on any atom is 0.290 e. The van der Waals surface area contributed by atoms with E-state index in [4.69, 9.17) is 9.15 Å². The first-order valence-electron chi connectivity index (χ1n) is 9.93. The predicted molar refractivity (Wildman–Crippen MR) is 115 cm³/mol. The first kappa shape index (κ1) is 18.2. The van der Waals surface area contributed by atoms with Crippen LogP contribution >= 0.6 is 11.3 Å². The molecule has 1 amide bonds. The second-order valence-corrected chi connectivity index (χ2v) is 8.53. The summed E-state index contributed by atoms with van der Waals surface area (Å²) in [5.74, 6) is 1.05. The quantitative estimate of drug-likeness (QED) is 0.431. The third-order valence-corrected chi connectivity index (χ3v) is 6.52. The SMILES string of the molecule is COc1ccc2cc3cc(C(=O)N(Cc4cccs4)C4CCCC4)oc3nc2c1. The van der Waals surface area contributed by atoms with Gasteiger partial charge in [-0.1, -0.05) is 18.9 Å². The van der Waals surface area contributed by atoms with Crippen molar-refractivity contribution in [1.82, 2.24) is 9.88 Å². The highest BCUT2D eigenvalue weighted by molar-refractivity contribution is 7.09. The van der Waals surface area contributed by atoms with Gasteiger partial charge in [-0.05, 0) is 48.6 Å². The van der Waals surface area contributed by atoms with E-state index in [1.165, 1.54) is 17.7 Å². The van der Waals surface area contributed by atoms with Gasteiger partial charge in [0.25, 0.3) is 5.91 Å². The second-order valence-electron chi connectivity index (χ2n) is 7.50. The van der Waals surface area contributed by atoms with Crippen LogP contribution in [-0.4, -0.2) is 28.9 Å². The highest BCUT2D eigenvalue weighted by Gasteiger charge is 2.30. The summed E-state index contributed by atoms with van der Waals surface area (Å²) in [7, 11) is 1.63. The Kier molecular flexibility index (Phi) is 4.72. The van der Waals surface area contributed by atoms with Crippen LogP contribution in [0.25, 0.3) is 22.0 Å². The molecule has 0 aliphatic heterocycles.